The van der Waals surface area contributed by atoms with E-state index in [2.05, 4.69) is 89.7 Å². The molecule has 1 rings (SSSR count). The van der Waals surface area contributed by atoms with Gasteiger partial charge in [0.15, 0.2) is 0 Å². The fourth-order valence-electron chi connectivity index (χ4n) is 4.68. The van der Waals surface area contributed by atoms with E-state index in [9.17, 15) is 19.5 Å². The lowest BCUT2D eigenvalue weighted by Crippen LogP contribution is -2.51. The topological polar surface area (TPSA) is 137 Å². The Bertz CT molecular complexity index is 1330. The molecule has 0 aliphatic carbocycles. The average molecular weight is 784 g/mol. The van der Waals surface area contributed by atoms with Crippen LogP contribution in [0, 0.1) is 0 Å². The van der Waals surface area contributed by atoms with Crippen molar-refractivity contribution in [1.29, 1.82) is 0 Å². The molecule has 300 valence electrons. The maximum Gasteiger partial charge on any atom is 0.407 e. The van der Waals surface area contributed by atoms with E-state index in [1.54, 1.807) is 21.6 Å². The summed E-state index contributed by atoms with van der Waals surface area (Å²) in [5.74, 6) is 0.539. The van der Waals surface area contributed by atoms with Gasteiger partial charge in [-0.05, 0) is 77.2 Å². The lowest BCUT2D eigenvalue weighted by molar-refractivity contribution is -0.122. The molecule has 0 aliphatic heterocycles. The second-order valence-electron chi connectivity index (χ2n) is 13.1. The van der Waals surface area contributed by atoms with Crippen LogP contribution in [0.25, 0.3) is 0 Å². The van der Waals surface area contributed by atoms with Gasteiger partial charge in [0.2, 0.25) is 11.8 Å². The van der Waals surface area contributed by atoms with Gasteiger partial charge in [-0.1, -0.05) is 132 Å². The number of nitrogens with one attached hydrogen (secondary N) is 3. The standard InChI is InChI=1S/C43H65N3O6S2/c1-4-5-6-7-8-9-10-11-12-13-14-15-16-17-18-19-20-21-25-30-40(49)44-32-33-53-54-43(2,3)39(36-52-42(51)45-34-38(48)35-47)46-41(50)31-26-29-37-27-23-22-24-28-37/h5-6,8-9,11-12,14-15,17-18,20-24,27-28,38-39,47-48H,4,7,10,13,16,19,25-26,29-36H2,1-3H3,(H,44,49)(H,45,51)(H,46,50)/b6-5-,9-8-,12-11-,15-14-,18-17-,21-20-/t38-,39-/m1/s1. The molecular formula is C43H65N3O6S2. The third-order valence-electron chi connectivity index (χ3n) is 7.88. The predicted molar refractivity (Wildman–Crippen MR) is 228 cm³/mol. The summed E-state index contributed by atoms with van der Waals surface area (Å²) in [4.78, 5) is 37.5. The van der Waals surface area contributed by atoms with Crippen LogP contribution in [0.4, 0.5) is 4.79 Å². The molecule has 1 aromatic rings. The van der Waals surface area contributed by atoms with E-state index in [0.29, 0.717) is 38.0 Å². The lowest BCUT2D eigenvalue weighted by atomic mass is 10.0. The fourth-order valence-corrected chi connectivity index (χ4v) is 7.26. The van der Waals surface area contributed by atoms with Crippen LogP contribution in [-0.2, 0) is 20.7 Å². The number of hydrogen-bond acceptors (Lipinski definition) is 8. The van der Waals surface area contributed by atoms with E-state index in [1.165, 1.54) is 5.56 Å². The Hall–Kier alpha value is -3.51. The van der Waals surface area contributed by atoms with Gasteiger partial charge >= 0.3 is 6.09 Å². The monoisotopic (exact) mass is 783 g/mol. The first-order valence-electron chi connectivity index (χ1n) is 19.2. The van der Waals surface area contributed by atoms with Gasteiger partial charge in [-0.15, -0.1) is 0 Å². The molecule has 11 heteroatoms. The zero-order valence-corrected chi connectivity index (χ0v) is 34.3. The molecule has 0 spiro atoms. The molecule has 0 aromatic heterocycles. The highest BCUT2D eigenvalue weighted by Crippen LogP contribution is 2.38. The summed E-state index contributed by atoms with van der Waals surface area (Å²) in [7, 11) is 3.13. The summed E-state index contributed by atoms with van der Waals surface area (Å²) in [5, 5.41) is 26.9. The summed E-state index contributed by atoms with van der Waals surface area (Å²) in [6.07, 6.45) is 32.8. The van der Waals surface area contributed by atoms with Crippen LogP contribution in [0.5, 0.6) is 0 Å². The van der Waals surface area contributed by atoms with Gasteiger partial charge in [0.1, 0.15) is 6.61 Å². The predicted octanol–water partition coefficient (Wildman–Crippen LogP) is 8.33. The van der Waals surface area contributed by atoms with Crippen molar-refractivity contribution in [2.45, 2.75) is 108 Å². The van der Waals surface area contributed by atoms with Crippen molar-refractivity contribution in [2.75, 3.05) is 32.1 Å². The number of alkyl carbamates (subject to hydrolysis) is 1. The highest BCUT2D eigenvalue weighted by atomic mass is 33.1. The molecule has 9 nitrogen and oxygen atoms in total. The molecule has 0 bridgehead atoms. The number of carbonyl (C=O) groups is 3. The summed E-state index contributed by atoms with van der Waals surface area (Å²) < 4.78 is 4.86. The van der Waals surface area contributed by atoms with Crippen LogP contribution in [0.15, 0.2) is 103 Å². The van der Waals surface area contributed by atoms with Gasteiger partial charge in [-0.2, -0.15) is 0 Å². The quantitative estimate of drug-likeness (QED) is 0.0299. The Balaban J connectivity index is 2.33. The van der Waals surface area contributed by atoms with Crippen molar-refractivity contribution in [1.82, 2.24) is 16.0 Å². The van der Waals surface area contributed by atoms with Gasteiger partial charge in [-0.25, -0.2) is 4.79 Å². The molecule has 0 saturated heterocycles. The summed E-state index contributed by atoms with van der Waals surface area (Å²) in [6.45, 7) is 5.91. The molecule has 0 aliphatic rings. The number of ether oxygens (including phenoxy) is 1. The first kappa shape index (κ1) is 48.5. The van der Waals surface area contributed by atoms with Crippen molar-refractivity contribution >= 4 is 39.5 Å². The first-order valence-corrected chi connectivity index (χ1v) is 21.5. The summed E-state index contributed by atoms with van der Waals surface area (Å²) in [6, 6.07) is 9.49. The number of allylic oxidation sites excluding steroid dienone is 12. The fraction of sp³-hybridized carbons (Fsp3) is 0.512. The Labute approximate surface area is 332 Å². The minimum absolute atomic E-state index is 0.00533. The van der Waals surface area contributed by atoms with E-state index in [0.717, 1.165) is 44.9 Å². The zero-order chi connectivity index (χ0) is 39.5. The molecule has 0 unspecified atom stereocenters. The molecule has 2 atom stereocenters. The highest BCUT2D eigenvalue weighted by molar-refractivity contribution is 8.77. The highest BCUT2D eigenvalue weighted by Gasteiger charge is 2.33. The maximum atomic E-state index is 12.9. The van der Waals surface area contributed by atoms with E-state index in [1.807, 2.05) is 50.3 Å². The molecule has 0 saturated carbocycles. The number of carbonyl (C=O) groups excluding carboxylic acids is 3. The smallest absolute Gasteiger partial charge is 0.407 e. The van der Waals surface area contributed by atoms with Crippen molar-refractivity contribution < 1.29 is 29.3 Å². The minimum Gasteiger partial charge on any atom is -0.447 e. The van der Waals surface area contributed by atoms with E-state index < -0.39 is 29.6 Å². The number of aliphatic hydroxyl groups is 2. The van der Waals surface area contributed by atoms with Crippen LogP contribution >= 0.6 is 21.6 Å². The average Bonchev–Trinajstić information content (AvgIpc) is 3.16. The second-order valence-corrected chi connectivity index (χ2v) is 16.2. The van der Waals surface area contributed by atoms with Gasteiger partial charge < -0.3 is 30.9 Å². The van der Waals surface area contributed by atoms with Crippen molar-refractivity contribution in [3.8, 4) is 0 Å². The molecule has 0 radical (unpaired) electrons. The van der Waals surface area contributed by atoms with Crippen LogP contribution in [0.3, 0.4) is 0 Å². The van der Waals surface area contributed by atoms with E-state index in [-0.39, 0.29) is 25.0 Å². The largest absolute Gasteiger partial charge is 0.447 e. The molecule has 0 heterocycles. The SMILES string of the molecule is CC/C=C\C/C=C\C/C=C\C/C=C\C/C=C\C/C=C\CCC(=O)NCCSSC(C)(C)[C@@H](COC(=O)NC[C@@H](O)CO)NC(=O)CCCc1ccccc1. The summed E-state index contributed by atoms with van der Waals surface area (Å²) in [5.41, 5.74) is 1.17. The molecule has 0 fully saturated rings. The van der Waals surface area contributed by atoms with Crippen LogP contribution in [0.2, 0.25) is 0 Å². The van der Waals surface area contributed by atoms with Crippen molar-refractivity contribution in [2.24, 2.45) is 0 Å². The van der Waals surface area contributed by atoms with E-state index >= 15 is 0 Å². The molecule has 3 amide bonds. The van der Waals surface area contributed by atoms with Crippen molar-refractivity contribution in [3.63, 3.8) is 0 Å². The van der Waals surface area contributed by atoms with Gasteiger partial charge in [-0.3, -0.25) is 9.59 Å². The number of aryl methyl sites for hydroxylation is 1. The third kappa shape index (κ3) is 28.0. The molecule has 1 aromatic carbocycles. The van der Waals surface area contributed by atoms with E-state index in [4.69, 9.17) is 9.84 Å². The third-order valence-corrected chi connectivity index (χ3v) is 11.2. The first-order chi connectivity index (χ1) is 26.2. The lowest BCUT2D eigenvalue weighted by Gasteiger charge is -2.33. The number of aliphatic hydroxyl groups excluding tert-OH is 2. The number of rotatable bonds is 30. The Kier molecular flexibility index (Phi) is 29.5. The minimum atomic E-state index is -1.08. The molecule has 5 N–H and O–H groups in total. The normalized spacial score (nSPS) is 13.5. The second kappa shape index (κ2) is 32.9. The number of amides is 3. The number of hydrogen-bond donors (Lipinski definition) is 5. The molecule has 54 heavy (non-hydrogen) atoms. The van der Waals surface area contributed by atoms with Gasteiger partial charge in [0.25, 0.3) is 0 Å². The zero-order valence-electron chi connectivity index (χ0n) is 32.6. The van der Waals surface area contributed by atoms with Gasteiger partial charge in [0.05, 0.1) is 18.8 Å². The molecular weight excluding hydrogens is 719 g/mol. The van der Waals surface area contributed by atoms with Crippen molar-refractivity contribution in [3.05, 3.63) is 109 Å². The van der Waals surface area contributed by atoms with Gasteiger partial charge in [0, 0.05) is 36.4 Å². The Morgan fingerprint density at radius 2 is 1.37 bits per heavy atom. The Morgan fingerprint density at radius 3 is 1.94 bits per heavy atom. The Morgan fingerprint density at radius 1 is 0.796 bits per heavy atom. The van der Waals surface area contributed by atoms with Crippen LogP contribution in [0.1, 0.15) is 90.5 Å². The van der Waals surface area contributed by atoms with Crippen LogP contribution in [-0.4, -0.2) is 77.1 Å². The van der Waals surface area contributed by atoms with Crippen LogP contribution < -0.4 is 16.0 Å². The maximum absolute atomic E-state index is 12.9. The number of benzene rings is 1. The summed E-state index contributed by atoms with van der Waals surface area (Å²) >= 11 is 0.